The summed E-state index contributed by atoms with van der Waals surface area (Å²) < 4.78 is 28.8. The molecule has 272 valence electrons. The maximum absolute atomic E-state index is 14.2. The highest BCUT2D eigenvalue weighted by molar-refractivity contribution is 7.89. The molecular weight excluding hydrogens is 661 g/mol. The SMILES string of the molecule is CC(C)C[C@H](N)[C@H](N=[N-])[C@H](CC1CCCCC1)NC(=O)[C@H](Cc1cscn1)NC(=O)[C@H](Cc1ccccc1)CS(=O)(=O)N1CCN(C)CC1. The predicted octanol–water partition coefficient (Wildman–Crippen LogP) is 3.83. The number of carbonyl (C=O) groups is 2. The van der Waals surface area contributed by atoms with E-state index >= 15 is 0 Å². The molecule has 1 aromatic heterocycles. The quantitative estimate of drug-likeness (QED) is 0.197. The van der Waals surface area contributed by atoms with Crippen LogP contribution in [0.5, 0.6) is 0 Å². The van der Waals surface area contributed by atoms with Crippen LogP contribution in [0.15, 0.2) is 46.3 Å². The molecule has 14 heteroatoms. The number of aromatic nitrogens is 1. The normalized spacial score (nSPS) is 19.9. The third kappa shape index (κ3) is 12.2. The Balaban J connectivity index is 1.58. The van der Waals surface area contributed by atoms with Gasteiger partial charge in [-0.2, -0.15) is 4.31 Å². The van der Waals surface area contributed by atoms with Gasteiger partial charge in [0.2, 0.25) is 21.8 Å². The fourth-order valence-electron chi connectivity index (χ4n) is 7.10. The average molecular weight is 716 g/mol. The number of benzene rings is 1. The Kier molecular flexibility index (Phi) is 15.1. The van der Waals surface area contributed by atoms with Crippen molar-refractivity contribution in [2.45, 2.75) is 95.8 Å². The third-order valence-electron chi connectivity index (χ3n) is 9.86. The van der Waals surface area contributed by atoms with Crippen LogP contribution < -0.4 is 16.4 Å². The molecule has 2 aliphatic rings. The predicted molar refractivity (Wildman–Crippen MR) is 194 cm³/mol. The summed E-state index contributed by atoms with van der Waals surface area (Å²) in [6.45, 7) is 6.08. The molecule has 2 amide bonds. The van der Waals surface area contributed by atoms with Crippen molar-refractivity contribution in [3.8, 4) is 0 Å². The van der Waals surface area contributed by atoms with E-state index in [-0.39, 0.29) is 24.5 Å². The molecule has 0 radical (unpaired) electrons. The van der Waals surface area contributed by atoms with E-state index in [1.165, 1.54) is 22.1 Å². The van der Waals surface area contributed by atoms with Crippen molar-refractivity contribution in [3.05, 3.63) is 58.0 Å². The highest BCUT2D eigenvalue weighted by atomic mass is 32.2. The molecule has 1 saturated carbocycles. The van der Waals surface area contributed by atoms with Gasteiger partial charge in [0.05, 0.1) is 35.0 Å². The Labute approximate surface area is 296 Å². The Morgan fingerprint density at radius 3 is 2.35 bits per heavy atom. The van der Waals surface area contributed by atoms with Gasteiger partial charge in [0.25, 0.3) is 0 Å². The van der Waals surface area contributed by atoms with Crippen LogP contribution in [0.25, 0.3) is 5.53 Å². The molecule has 49 heavy (non-hydrogen) atoms. The van der Waals surface area contributed by atoms with Crippen LogP contribution in [-0.4, -0.2) is 97.6 Å². The molecule has 2 heterocycles. The van der Waals surface area contributed by atoms with Crippen molar-refractivity contribution in [1.82, 2.24) is 24.8 Å². The molecule has 12 nitrogen and oxygen atoms in total. The maximum Gasteiger partial charge on any atom is 0.243 e. The summed E-state index contributed by atoms with van der Waals surface area (Å²) in [6.07, 6.45) is 7.04. The van der Waals surface area contributed by atoms with Crippen molar-refractivity contribution >= 4 is 33.2 Å². The lowest BCUT2D eigenvalue weighted by atomic mass is 9.81. The molecule has 4 rings (SSSR count). The summed E-state index contributed by atoms with van der Waals surface area (Å²) in [7, 11) is -1.81. The first kappa shape index (κ1) is 39.0. The van der Waals surface area contributed by atoms with Crippen molar-refractivity contribution in [2.75, 3.05) is 39.0 Å². The van der Waals surface area contributed by atoms with Crippen LogP contribution in [0, 0.1) is 17.8 Å². The van der Waals surface area contributed by atoms with E-state index in [0.29, 0.717) is 50.6 Å². The van der Waals surface area contributed by atoms with Crippen LogP contribution >= 0.6 is 11.3 Å². The van der Waals surface area contributed by atoms with Gasteiger partial charge in [-0.25, -0.2) is 13.4 Å². The Bertz CT molecular complexity index is 1410. The third-order valence-corrected chi connectivity index (χ3v) is 12.5. The summed E-state index contributed by atoms with van der Waals surface area (Å²) in [5.41, 5.74) is 19.9. The van der Waals surface area contributed by atoms with Crippen molar-refractivity contribution in [3.63, 3.8) is 0 Å². The van der Waals surface area contributed by atoms with Crippen LogP contribution in [0.2, 0.25) is 0 Å². The number of piperazine rings is 1. The number of nitrogens with two attached hydrogens (primary N) is 1. The monoisotopic (exact) mass is 715 g/mol. The lowest BCUT2D eigenvalue weighted by Gasteiger charge is -2.36. The second kappa shape index (κ2) is 19.0. The van der Waals surface area contributed by atoms with Gasteiger partial charge in [-0.1, -0.05) is 76.3 Å². The van der Waals surface area contributed by atoms with Gasteiger partial charge in [0.15, 0.2) is 0 Å². The number of rotatable bonds is 18. The maximum atomic E-state index is 14.2. The number of amides is 2. The summed E-state index contributed by atoms with van der Waals surface area (Å²) in [6, 6.07) is 6.57. The lowest BCUT2D eigenvalue weighted by molar-refractivity contribution is -0.131. The van der Waals surface area contributed by atoms with E-state index in [1.54, 1.807) is 5.51 Å². The number of sulfonamides is 1. The first-order valence-electron chi connectivity index (χ1n) is 17.7. The molecule has 0 bridgehead atoms. The zero-order chi connectivity index (χ0) is 35.4. The lowest BCUT2D eigenvalue weighted by Crippen LogP contribution is -2.57. The highest BCUT2D eigenvalue weighted by Gasteiger charge is 2.36. The number of nitrogens with zero attached hydrogens (tertiary/aromatic N) is 5. The van der Waals surface area contributed by atoms with Gasteiger partial charge in [-0.05, 0) is 43.7 Å². The Morgan fingerprint density at radius 1 is 1.04 bits per heavy atom. The van der Waals surface area contributed by atoms with E-state index in [9.17, 15) is 23.5 Å². The highest BCUT2D eigenvalue weighted by Crippen LogP contribution is 2.29. The largest absolute Gasteiger partial charge is 0.712 e. The van der Waals surface area contributed by atoms with E-state index in [1.807, 2.05) is 42.8 Å². The second-order valence-electron chi connectivity index (χ2n) is 14.4. The number of hydrogen-bond acceptors (Lipinski definition) is 9. The molecule has 0 spiro atoms. The van der Waals surface area contributed by atoms with E-state index in [0.717, 1.165) is 31.2 Å². The Hall–Kier alpha value is -2.78. The molecule has 5 atom stereocenters. The molecule has 1 aliphatic heterocycles. The van der Waals surface area contributed by atoms with Gasteiger partial charge in [0, 0.05) is 44.0 Å². The molecule has 0 unspecified atom stereocenters. The van der Waals surface area contributed by atoms with Crippen molar-refractivity contribution in [2.24, 2.45) is 28.6 Å². The molecule has 2 fully saturated rings. The summed E-state index contributed by atoms with van der Waals surface area (Å²) in [5.74, 6) is -1.63. The summed E-state index contributed by atoms with van der Waals surface area (Å²) in [4.78, 5) is 34.8. The molecular formula is C35H55N8O4S2-. The molecule has 4 N–H and O–H groups in total. The number of likely N-dealkylation sites (N-methyl/N-ethyl adjacent to an activating group) is 1. The van der Waals surface area contributed by atoms with Gasteiger partial charge < -0.3 is 31.9 Å². The zero-order valence-corrected chi connectivity index (χ0v) is 30.9. The fourth-order valence-corrected chi connectivity index (χ4v) is 9.37. The first-order chi connectivity index (χ1) is 23.4. The summed E-state index contributed by atoms with van der Waals surface area (Å²) >= 11 is 1.39. The topological polar surface area (TPSA) is 172 Å². The zero-order valence-electron chi connectivity index (χ0n) is 29.2. The minimum absolute atomic E-state index is 0.124. The smallest absolute Gasteiger partial charge is 0.243 e. The van der Waals surface area contributed by atoms with Crippen molar-refractivity contribution < 1.29 is 18.0 Å². The number of nitrogens with one attached hydrogen (secondary N) is 2. The number of carbonyl (C=O) groups excluding carboxylic acids is 2. The number of thiazole rings is 1. The van der Waals surface area contributed by atoms with Gasteiger partial charge in [0.1, 0.15) is 6.04 Å². The van der Waals surface area contributed by atoms with Crippen LogP contribution in [0.1, 0.15) is 70.1 Å². The molecule has 1 aliphatic carbocycles. The van der Waals surface area contributed by atoms with Gasteiger partial charge in [-0.15, -0.1) is 11.3 Å². The van der Waals surface area contributed by atoms with Crippen molar-refractivity contribution in [1.29, 1.82) is 0 Å². The minimum atomic E-state index is -3.77. The molecule has 1 aromatic carbocycles. The summed E-state index contributed by atoms with van der Waals surface area (Å²) in [5, 5.41) is 11.6. The molecule has 2 aromatic rings. The molecule has 1 saturated heterocycles. The average Bonchev–Trinajstić information content (AvgIpc) is 3.58. The number of hydrogen-bond donors (Lipinski definition) is 3. The fraction of sp³-hybridized carbons (Fsp3) is 0.686. The van der Waals surface area contributed by atoms with Gasteiger partial charge >= 0.3 is 0 Å². The Morgan fingerprint density at radius 2 is 1.73 bits per heavy atom. The second-order valence-corrected chi connectivity index (χ2v) is 17.1. The first-order valence-corrected chi connectivity index (χ1v) is 20.3. The van der Waals surface area contributed by atoms with Gasteiger partial charge in [-0.3, -0.25) is 9.59 Å². The van der Waals surface area contributed by atoms with E-state index in [2.05, 4.69) is 39.5 Å². The standard InChI is InChI=1S/C35H55N8O4S2/c1-25(2)18-30(36)33(41-37)31(20-27-12-8-5-9-13-27)39-35(45)32(21-29-22-48-24-38-29)40-34(44)28(19-26-10-6-4-7-11-26)23-49(46,47)43-16-14-42(3)15-17-43/h4,6-7,10-11,22,24-25,27-28,30-33H,5,8-9,12-21,23,36H2,1-3H3,(H,39,45)(H,40,44)/q-1/t28-,30+,31+,32+,33+/m1/s1. The van der Waals surface area contributed by atoms with E-state index < -0.39 is 51.9 Å². The van der Waals surface area contributed by atoms with Crippen LogP contribution in [0.3, 0.4) is 0 Å². The van der Waals surface area contributed by atoms with E-state index in [4.69, 9.17) is 5.73 Å². The van der Waals surface area contributed by atoms with Crippen LogP contribution in [0.4, 0.5) is 0 Å². The minimum Gasteiger partial charge on any atom is -0.712 e. The van der Waals surface area contributed by atoms with Crippen LogP contribution in [-0.2, 0) is 32.5 Å².